The summed E-state index contributed by atoms with van der Waals surface area (Å²) in [6.45, 7) is 12.1. The zero-order valence-corrected chi connectivity index (χ0v) is 12.5. The molecule has 0 atom stereocenters. The third-order valence-electron chi connectivity index (χ3n) is 3.69. The van der Waals surface area contributed by atoms with Gasteiger partial charge in [0.15, 0.2) is 0 Å². The van der Waals surface area contributed by atoms with Gasteiger partial charge in [0.25, 0.3) is 0 Å². The molecular formula is C15H27N3. The average Bonchev–Trinajstić information content (AvgIpc) is 3.02. The van der Waals surface area contributed by atoms with Crippen LogP contribution in [0.1, 0.15) is 57.0 Å². The first-order valence-electron chi connectivity index (χ1n) is 7.18. The molecule has 3 heteroatoms. The van der Waals surface area contributed by atoms with E-state index in [0.29, 0.717) is 0 Å². The highest BCUT2D eigenvalue weighted by molar-refractivity contribution is 5.25. The van der Waals surface area contributed by atoms with Crippen LogP contribution in [0.3, 0.4) is 0 Å². The van der Waals surface area contributed by atoms with Gasteiger partial charge >= 0.3 is 0 Å². The zero-order valence-electron chi connectivity index (χ0n) is 12.5. The van der Waals surface area contributed by atoms with Gasteiger partial charge in [-0.15, -0.1) is 0 Å². The van der Waals surface area contributed by atoms with Crippen LogP contribution in [0.4, 0.5) is 0 Å². The fourth-order valence-electron chi connectivity index (χ4n) is 2.55. The fourth-order valence-corrected chi connectivity index (χ4v) is 2.55. The molecule has 0 radical (unpaired) electrons. The number of rotatable bonds is 5. The van der Waals surface area contributed by atoms with Gasteiger partial charge in [0.1, 0.15) is 0 Å². The minimum Gasteiger partial charge on any atom is -0.314 e. The molecule has 102 valence electrons. The van der Waals surface area contributed by atoms with Crippen LogP contribution >= 0.6 is 0 Å². The molecule has 1 aliphatic rings. The molecule has 1 saturated carbocycles. The molecule has 1 N–H and O–H groups in total. The van der Waals surface area contributed by atoms with Gasteiger partial charge in [-0.2, -0.15) is 5.10 Å². The summed E-state index contributed by atoms with van der Waals surface area (Å²) in [5, 5.41) is 8.28. The number of hydrogen-bond donors (Lipinski definition) is 1. The predicted molar refractivity (Wildman–Crippen MR) is 76.0 cm³/mol. The van der Waals surface area contributed by atoms with Crippen LogP contribution in [0.15, 0.2) is 0 Å². The van der Waals surface area contributed by atoms with Crippen molar-refractivity contribution in [2.75, 3.05) is 6.54 Å². The predicted octanol–water partition coefficient (Wildman–Crippen LogP) is 2.94. The van der Waals surface area contributed by atoms with Crippen molar-refractivity contribution < 1.29 is 0 Å². The maximum absolute atomic E-state index is 4.70. The first-order chi connectivity index (χ1) is 8.39. The van der Waals surface area contributed by atoms with Gasteiger partial charge in [0.05, 0.1) is 11.2 Å². The Hall–Kier alpha value is -0.830. The van der Waals surface area contributed by atoms with Gasteiger partial charge in [-0.3, -0.25) is 4.68 Å². The molecule has 0 spiro atoms. The topological polar surface area (TPSA) is 29.9 Å². The van der Waals surface area contributed by atoms with Crippen molar-refractivity contribution in [2.45, 2.75) is 71.9 Å². The van der Waals surface area contributed by atoms with Crippen molar-refractivity contribution in [2.24, 2.45) is 0 Å². The van der Waals surface area contributed by atoms with Crippen LogP contribution in [-0.4, -0.2) is 22.4 Å². The molecule has 1 aliphatic carbocycles. The second kappa shape index (κ2) is 5.04. The van der Waals surface area contributed by atoms with Gasteiger partial charge in [0, 0.05) is 11.7 Å². The molecule has 18 heavy (non-hydrogen) atoms. The SMILES string of the molecule is Cc1nn(C(C)(C)C)c(C)c1CCCNC1CC1. The van der Waals surface area contributed by atoms with E-state index in [2.05, 4.69) is 44.6 Å². The second-order valence-electron chi connectivity index (χ2n) is 6.56. The summed E-state index contributed by atoms with van der Waals surface area (Å²) in [5.41, 5.74) is 4.07. The normalized spacial score (nSPS) is 16.3. The van der Waals surface area contributed by atoms with Crippen molar-refractivity contribution in [3.63, 3.8) is 0 Å². The van der Waals surface area contributed by atoms with E-state index in [1.807, 2.05) is 0 Å². The fraction of sp³-hybridized carbons (Fsp3) is 0.800. The molecule has 3 nitrogen and oxygen atoms in total. The third kappa shape index (κ3) is 3.14. The highest BCUT2D eigenvalue weighted by atomic mass is 15.3. The summed E-state index contributed by atoms with van der Waals surface area (Å²) < 4.78 is 2.17. The smallest absolute Gasteiger partial charge is 0.0628 e. The van der Waals surface area contributed by atoms with Crippen molar-refractivity contribution in [3.8, 4) is 0 Å². The molecule has 0 aliphatic heterocycles. The van der Waals surface area contributed by atoms with Gasteiger partial charge < -0.3 is 5.32 Å². The Morgan fingerprint density at radius 2 is 1.94 bits per heavy atom. The Morgan fingerprint density at radius 1 is 1.28 bits per heavy atom. The maximum atomic E-state index is 4.70. The lowest BCUT2D eigenvalue weighted by Crippen LogP contribution is -2.24. The first kappa shape index (κ1) is 13.6. The molecule has 0 aromatic carbocycles. The number of aryl methyl sites for hydroxylation is 1. The molecule has 1 aromatic heterocycles. The quantitative estimate of drug-likeness (QED) is 0.813. The third-order valence-corrected chi connectivity index (χ3v) is 3.69. The van der Waals surface area contributed by atoms with Gasteiger partial charge in [-0.25, -0.2) is 0 Å². The molecule has 0 bridgehead atoms. The van der Waals surface area contributed by atoms with Gasteiger partial charge in [-0.1, -0.05) is 0 Å². The Kier molecular flexibility index (Phi) is 3.81. The van der Waals surface area contributed by atoms with Crippen molar-refractivity contribution in [1.29, 1.82) is 0 Å². The van der Waals surface area contributed by atoms with Crippen LogP contribution < -0.4 is 5.32 Å². The molecule has 1 fully saturated rings. The zero-order chi connectivity index (χ0) is 13.3. The summed E-state index contributed by atoms with van der Waals surface area (Å²) in [5.74, 6) is 0. The molecule has 1 aromatic rings. The van der Waals surface area contributed by atoms with E-state index in [1.54, 1.807) is 0 Å². The lowest BCUT2D eigenvalue weighted by molar-refractivity contribution is 0.346. The lowest BCUT2D eigenvalue weighted by Gasteiger charge is -2.21. The number of aromatic nitrogens is 2. The highest BCUT2D eigenvalue weighted by Crippen LogP contribution is 2.22. The molecule has 1 heterocycles. The van der Waals surface area contributed by atoms with Crippen molar-refractivity contribution >= 4 is 0 Å². The van der Waals surface area contributed by atoms with Crippen LogP contribution in [0, 0.1) is 13.8 Å². The average molecular weight is 249 g/mol. The summed E-state index contributed by atoms with van der Waals surface area (Å²) in [6.07, 6.45) is 5.11. The van der Waals surface area contributed by atoms with Crippen LogP contribution in [0.2, 0.25) is 0 Å². The number of nitrogens with one attached hydrogen (secondary N) is 1. The Morgan fingerprint density at radius 3 is 2.44 bits per heavy atom. The van der Waals surface area contributed by atoms with E-state index in [-0.39, 0.29) is 5.54 Å². The second-order valence-corrected chi connectivity index (χ2v) is 6.56. The first-order valence-corrected chi connectivity index (χ1v) is 7.18. The van der Waals surface area contributed by atoms with E-state index < -0.39 is 0 Å². The summed E-state index contributed by atoms with van der Waals surface area (Å²) in [4.78, 5) is 0. The van der Waals surface area contributed by atoms with E-state index in [9.17, 15) is 0 Å². The highest BCUT2D eigenvalue weighted by Gasteiger charge is 2.21. The van der Waals surface area contributed by atoms with Gasteiger partial charge in [-0.05, 0) is 72.4 Å². The molecular weight excluding hydrogens is 222 g/mol. The molecule has 0 unspecified atom stereocenters. The Bertz CT molecular complexity index is 408. The Balaban J connectivity index is 1.96. The van der Waals surface area contributed by atoms with E-state index in [0.717, 1.165) is 19.0 Å². The minimum absolute atomic E-state index is 0.0827. The summed E-state index contributed by atoms with van der Waals surface area (Å²) >= 11 is 0. The van der Waals surface area contributed by atoms with Crippen molar-refractivity contribution in [1.82, 2.24) is 15.1 Å². The monoisotopic (exact) mass is 249 g/mol. The number of nitrogens with zero attached hydrogens (tertiary/aromatic N) is 2. The lowest BCUT2D eigenvalue weighted by atomic mass is 10.1. The molecule has 0 amide bonds. The van der Waals surface area contributed by atoms with Crippen LogP contribution in [0.25, 0.3) is 0 Å². The molecule has 2 rings (SSSR count). The standard InChI is InChI=1S/C15H27N3/c1-11-14(7-6-10-16-13-8-9-13)12(2)18(17-11)15(3,4)5/h13,16H,6-10H2,1-5H3. The maximum Gasteiger partial charge on any atom is 0.0628 e. The van der Waals surface area contributed by atoms with Crippen LogP contribution in [-0.2, 0) is 12.0 Å². The summed E-state index contributed by atoms with van der Waals surface area (Å²) in [7, 11) is 0. The van der Waals surface area contributed by atoms with E-state index >= 15 is 0 Å². The number of hydrogen-bond acceptors (Lipinski definition) is 2. The Labute approximate surface area is 111 Å². The summed E-state index contributed by atoms with van der Waals surface area (Å²) in [6, 6.07) is 0.824. The van der Waals surface area contributed by atoms with Crippen LogP contribution in [0.5, 0.6) is 0 Å². The molecule has 0 saturated heterocycles. The van der Waals surface area contributed by atoms with E-state index in [4.69, 9.17) is 5.10 Å². The largest absolute Gasteiger partial charge is 0.314 e. The van der Waals surface area contributed by atoms with Gasteiger partial charge in [0.2, 0.25) is 0 Å². The van der Waals surface area contributed by atoms with E-state index in [1.165, 1.54) is 36.2 Å². The van der Waals surface area contributed by atoms with Crippen molar-refractivity contribution in [3.05, 3.63) is 17.0 Å². The minimum atomic E-state index is 0.0827.